The summed E-state index contributed by atoms with van der Waals surface area (Å²) in [6.07, 6.45) is 4.86. The molecule has 8 heteroatoms. The standard InChI is InChI=1S/C19H18N4O3S/c1-3-23-18(25)16(12-13-4-6-15(26-2)7-5-13)27-19(23)22-21-17(24)14-8-10-20-11-9-14/h4-12H,3H2,1-2H3,(H,21,24)/b16-12-,22-19+. The number of hydrazone groups is 1. The minimum Gasteiger partial charge on any atom is -0.497 e. The van der Waals surface area contributed by atoms with Crippen LogP contribution in [0.3, 0.4) is 0 Å². The number of nitrogens with zero attached hydrogens (tertiary/aromatic N) is 3. The largest absolute Gasteiger partial charge is 0.497 e. The van der Waals surface area contributed by atoms with E-state index in [0.29, 0.717) is 22.2 Å². The number of methoxy groups -OCH3 is 1. The quantitative estimate of drug-likeness (QED) is 0.635. The number of amides is 2. The summed E-state index contributed by atoms with van der Waals surface area (Å²) in [5.74, 6) is 0.246. The van der Waals surface area contributed by atoms with E-state index in [1.54, 1.807) is 25.3 Å². The third-order valence-electron chi connectivity index (χ3n) is 3.81. The van der Waals surface area contributed by atoms with Crippen LogP contribution in [0.4, 0.5) is 0 Å². The monoisotopic (exact) mass is 382 g/mol. The van der Waals surface area contributed by atoms with Gasteiger partial charge in [0.05, 0.1) is 12.0 Å². The lowest BCUT2D eigenvalue weighted by atomic mass is 10.2. The number of carbonyl (C=O) groups excluding carboxylic acids is 2. The summed E-state index contributed by atoms with van der Waals surface area (Å²) in [4.78, 5) is 30.7. The number of rotatable bonds is 5. The van der Waals surface area contributed by atoms with Gasteiger partial charge in [0.2, 0.25) is 0 Å². The van der Waals surface area contributed by atoms with Gasteiger partial charge in [0, 0.05) is 24.5 Å². The second kappa shape index (κ2) is 8.50. The summed E-state index contributed by atoms with van der Waals surface area (Å²) < 4.78 is 5.14. The van der Waals surface area contributed by atoms with Crippen molar-refractivity contribution in [3.05, 3.63) is 64.8 Å². The Bertz CT molecular complexity index is 895. The van der Waals surface area contributed by atoms with Crippen LogP contribution in [-0.4, -0.2) is 40.5 Å². The predicted molar refractivity (Wildman–Crippen MR) is 105 cm³/mol. The molecule has 2 heterocycles. The molecule has 1 aromatic heterocycles. The molecule has 0 atom stereocenters. The van der Waals surface area contributed by atoms with Crippen LogP contribution in [0.5, 0.6) is 5.75 Å². The molecule has 1 aliphatic heterocycles. The van der Waals surface area contributed by atoms with Gasteiger partial charge in [0.1, 0.15) is 5.75 Å². The van der Waals surface area contributed by atoms with Crippen LogP contribution in [0.1, 0.15) is 22.8 Å². The lowest BCUT2D eigenvalue weighted by Crippen LogP contribution is -2.31. The van der Waals surface area contributed by atoms with E-state index < -0.39 is 0 Å². The summed E-state index contributed by atoms with van der Waals surface area (Å²) in [7, 11) is 1.60. The first-order chi connectivity index (χ1) is 13.1. The van der Waals surface area contributed by atoms with Crippen LogP contribution in [0, 0.1) is 0 Å². The van der Waals surface area contributed by atoms with Crippen molar-refractivity contribution in [3.8, 4) is 5.75 Å². The molecule has 138 valence electrons. The van der Waals surface area contributed by atoms with E-state index in [1.807, 2.05) is 31.2 Å². The number of ether oxygens (including phenoxy) is 1. The zero-order valence-electron chi connectivity index (χ0n) is 14.9. The first-order valence-electron chi connectivity index (χ1n) is 8.26. The summed E-state index contributed by atoms with van der Waals surface area (Å²) in [5, 5.41) is 4.56. The maximum Gasteiger partial charge on any atom is 0.271 e. The molecule has 27 heavy (non-hydrogen) atoms. The third kappa shape index (κ3) is 4.35. The fourth-order valence-corrected chi connectivity index (χ4v) is 3.39. The van der Waals surface area contributed by atoms with E-state index >= 15 is 0 Å². The Labute approximate surface area is 161 Å². The Morgan fingerprint density at radius 2 is 1.96 bits per heavy atom. The van der Waals surface area contributed by atoms with Crippen LogP contribution >= 0.6 is 11.8 Å². The topological polar surface area (TPSA) is 83.9 Å². The average Bonchev–Trinajstić information content (AvgIpc) is 3.01. The molecule has 1 aromatic carbocycles. The van der Waals surface area contributed by atoms with Crippen molar-refractivity contribution in [2.24, 2.45) is 5.10 Å². The molecule has 0 saturated carbocycles. The zero-order chi connectivity index (χ0) is 19.2. The van der Waals surface area contributed by atoms with Gasteiger partial charge in [-0.25, -0.2) is 5.43 Å². The van der Waals surface area contributed by atoms with Crippen LogP contribution < -0.4 is 10.2 Å². The fraction of sp³-hybridized carbons (Fsp3) is 0.158. The molecule has 0 radical (unpaired) electrons. The highest BCUT2D eigenvalue weighted by molar-refractivity contribution is 8.18. The number of thioether (sulfide) groups is 1. The number of aromatic nitrogens is 1. The molecule has 1 N–H and O–H groups in total. The van der Waals surface area contributed by atoms with Gasteiger partial charge in [-0.3, -0.25) is 19.5 Å². The predicted octanol–water partition coefficient (Wildman–Crippen LogP) is 2.73. The number of benzene rings is 1. The Kier molecular flexibility index (Phi) is 5.87. The molecular weight excluding hydrogens is 364 g/mol. The smallest absolute Gasteiger partial charge is 0.271 e. The van der Waals surface area contributed by atoms with Crippen LogP contribution in [0.2, 0.25) is 0 Å². The van der Waals surface area contributed by atoms with E-state index in [2.05, 4.69) is 15.5 Å². The van der Waals surface area contributed by atoms with Crippen molar-refractivity contribution in [2.45, 2.75) is 6.92 Å². The number of likely N-dealkylation sites (N-methyl/N-ethyl adjacent to an activating group) is 1. The molecule has 0 spiro atoms. The van der Waals surface area contributed by atoms with E-state index in [9.17, 15) is 9.59 Å². The van der Waals surface area contributed by atoms with Crippen molar-refractivity contribution in [2.75, 3.05) is 13.7 Å². The molecule has 1 fully saturated rings. The molecule has 7 nitrogen and oxygen atoms in total. The fourth-order valence-electron chi connectivity index (χ4n) is 2.39. The van der Waals surface area contributed by atoms with Crippen molar-refractivity contribution in [3.63, 3.8) is 0 Å². The number of nitrogens with one attached hydrogen (secondary N) is 1. The van der Waals surface area contributed by atoms with Crippen LogP contribution in [-0.2, 0) is 4.79 Å². The maximum absolute atomic E-state index is 12.6. The number of hydrogen-bond donors (Lipinski definition) is 1. The van der Waals surface area contributed by atoms with Gasteiger partial charge in [-0.05, 0) is 54.6 Å². The van der Waals surface area contributed by atoms with Crippen molar-refractivity contribution in [1.82, 2.24) is 15.3 Å². The zero-order valence-corrected chi connectivity index (χ0v) is 15.7. The minimum absolute atomic E-state index is 0.143. The van der Waals surface area contributed by atoms with Gasteiger partial charge in [0.15, 0.2) is 5.17 Å². The number of hydrogen-bond acceptors (Lipinski definition) is 6. The second-order valence-electron chi connectivity index (χ2n) is 5.50. The molecule has 1 aliphatic rings. The van der Waals surface area contributed by atoms with E-state index in [0.717, 1.165) is 11.3 Å². The van der Waals surface area contributed by atoms with Crippen LogP contribution in [0.15, 0.2) is 58.8 Å². The van der Waals surface area contributed by atoms with Crippen molar-refractivity contribution >= 4 is 34.8 Å². The summed E-state index contributed by atoms with van der Waals surface area (Å²) in [6.45, 7) is 2.31. The van der Waals surface area contributed by atoms with E-state index in [4.69, 9.17) is 4.74 Å². The van der Waals surface area contributed by atoms with Crippen LogP contribution in [0.25, 0.3) is 6.08 Å². The molecule has 2 amide bonds. The highest BCUT2D eigenvalue weighted by atomic mass is 32.2. The van der Waals surface area contributed by atoms with Gasteiger partial charge < -0.3 is 4.74 Å². The highest BCUT2D eigenvalue weighted by Crippen LogP contribution is 2.32. The average molecular weight is 382 g/mol. The van der Waals surface area contributed by atoms with Gasteiger partial charge >= 0.3 is 0 Å². The lowest BCUT2D eigenvalue weighted by Gasteiger charge is -2.11. The third-order valence-corrected chi connectivity index (χ3v) is 4.82. The summed E-state index contributed by atoms with van der Waals surface area (Å²) in [6, 6.07) is 10.6. The molecule has 3 rings (SSSR count). The summed E-state index contributed by atoms with van der Waals surface area (Å²) >= 11 is 1.22. The molecular formula is C19H18N4O3S. The van der Waals surface area contributed by atoms with Gasteiger partial charge in [-0.2, -0.15) is 0 Å². The Balaban J connectivity index is 1.77. The van der Waals surface area contributed by atoms with Gasteiger partial charge in [-0.1, -0.05) is 12.1 Å². The molecule has 0 bridgehead atoms. The van der Waals surface area contributed by atoms with Gasteiger partial charge in [0.25, 0.3) is 11.8 Å². The molecule has 0 unspecified atom stereocenters. The minimum atomic E-state index is -0.360. The molecule has 2 aromatic rings. The Morgan fingerprint density at radius 1 is 1.26 bits per heavy atom. The van der Waals surface area contributed by atoms with Crippen molar-refractivity contribution < 1.29 is 14.3 Å². The van der Waals surface area contributed by atoms with Crippen molar-refractivity contribution in [1.29, 1.82) is 0 Å². The van der Waals surface area contributed by atoms with E-state index in [-0.39, 0.29) is 11.8 Å². The number of amidine groups is 1. The molecule has 1 saturated heterocycles. The Hall–Kier alpha value is -3.13. The van der Waals surface area contributed by atoms with E-state index in [1.165, 1.54) is 29.1 Å². The number of pyridine rings is 1. The normalized spacial score (nSPS) is 16.8. The lowest BCUT2D eigenvalue weighted by molar-refractivity contribution is -0.122. The van der Waals surface area contributed by atoms with Gasteiger partial charge in [-0.15, -0.1) is 5.10 Å². The highest BCUT2D eigenvalue weighted by Gasteiger charge is 2.32. The Morgan fingerprint density at radius 3 is 2.59 bits per heavy atom. The number of carbonyl (C=O) groups is 2. The SMILES string of the molecule is CCN1C(=O)/C(=C/c2ccc(OC)cc2)S/C1=N/NC(=O)c1ccncc1. The maximum atomic E-state index is 12.6. The second-order valence-corrected chi connectivity index (χ2v) is 6.51. The first-order valence-corrected chi connectivity index (χ1v) is 9.07. The first kappa shape index (κ1) is 18.7. The molecule has 0 aliphatic carbocycles. The summed E-state index contributed by atoms with van der Waals surface area (Å²) in [5.41, 5.74) is 3.81.